The van der Waals surface area contributed by atoms with Crippen molar-refractivity contribution < 1.29 is 24.5 Å². The summed E-state index contributed by atoms with van der Waals surface area (Å²) in [6.45, 7) is 3.33. The lowest BCUT2D eigenvalue weighted by molar-refractivity contribution is -0.137. The van der Waals surface area contributed by atoms with Crippen molar-refractivity contribution in [1.29, 1.82) is 0 Å². The quantitative estimate of drug-likeness (QED) is 0.479. The average Bonchev–Trinajstić information content (AvgIpc) is 3.04. The first-order chi connectivity index (χ1) is 14.4. The summed E-state index contributed by atoms with van der Waals surface area (Å²) in [5, 5.41) is 19.2. The summed E-state index contributed by atoms with van der Waals surface area (Å²) in [4.78, 5) is 24.8. The maximum Gasteiger partial charge on any atom is 0.303 e. The Morgan fingerprint density at radius 1 is 1.33 bits per heavy atom. The Labute approximate surface area is 179 Å². The molecule has 1 aliphatic heterocycles. The van der Waals surface area contributed by atoms with Crippen LogP contribution in [-0.2, 0) is 27.4 Å². The molecule has 2 N–H and O–H groups in total. The lowest BCUT2D eigenvalue weighted by atomic mass is 10.00. The van der Waals surface area contributed by atoms with Gasteiger partial charge in [-0.2, -0.15) is 0 Å². The van der Waals surface area contributed by atoms with E-state index < -0.39 is 12.1 Å². The van der Waals surface area contributed by atoms with E-state index in [1.807, 2.05) is 35.2 Å². The number of nitrogens with zero attached hydrogens (tertiary/aromatic N) is 1. The standard InChI is InChI=1S/C24H35NO5/c1-18(5-3-8-24(28)29)13-14-25-21(10-12-23(25)27)9-11-22(26)16-19-6-4-7-20(15-19)17-30-2/h4,6-7,9,11,15,18,21-22,26H,3,5,8,10,12-14,16-17H2,1-2H3,(H,28,29)/b11-9+/t18-,21-,22+/m0/s1. The molecule has 0 radical (unpaired) electrons. The zero-order valence-corrected chi connectivity index (χ0v) is 18.1. The molecule has 166 valence electrons. The van der Waals surface area contributed by atoms with Crippen molar-refractivity contribution in [3.8, 4) is 0 Å². The Kier molecular flexibility index (Phi) is 10.0. The van der Waals surface area contributed by atoms with Gasteiger partial charge in [0.05, 0.1) is 18.8 Å². The van der Waals surface area contributed by atoms with E-state index in [9.17, 15) is 14.7 Å². The molecule has 0 aromatic heterocycles. The summed E-state index contributed by atoms with van der Waals surface area (Å²) in [7, 11) is 1.66. The Hall–Kier alpha value is -2.18. The van der Waals surface area contributed by atoms with E-state index in [1.54, 1.807) is 13.2 Å². The minimum atomic E-state index is -0.758. The van der Waals surface area contributed by atoms with E-state index in [2.05, 4.69) is 6.92 Å². The molecule has 0 spiro atoms. The predicted molar refractivity (Wildman–Crippen MR) is 116 cm³/mol. The fourth-order valence-corrected chi connectivity index (χ4v) is 3.93. The number of methoxy groups -OCH3 is 1. The highest BCUT2D eigenvalue weighted by molar-refractivity contribution is 5.79. The summed E-state index contributed by atoms with van der Waals surface area (Å²) in [5.41, 5.74) is 2.13. The van der Waals surface area contributed by atoms with Crippen molar-refractivity contribution in [2.75, 3.05) is 13.7 Å². The topological polar surface area (TPSA) is 87.1 Å². The van der Waals surface area contributed by atoms with Crippen molar-refractivity contribution in [3.05, 3.63) is 47.5 Å². The summed E-state index contributed by atoms with van der Waals surface area (Å²) in [6.07, 6.45) is 7.59. The highest BCUT2D eigenvalue weighted by Gasteiger charge is 2.29. The number of amides is 1. The molecule has 1 amide bonds. The number of aliphatic carboxylic acids is 1. The SMILES string of the molecule is COCc1cccc(C[C@H](O)/C=C/[C@H]2CCC(=O)N2CC[C@@H](C)CCCC(=O)O)c1. The normalized spacial score (nSPS) is 18.8. The molecule has 1 saturated heterocycles. The third-order valence-electron chi connectivity index (χ3n) is 5.63. The molecule has 1 fully saturated rings. The van der Waals surface area contributed by atoms with Crippen LogP contribution in [0.2, 0.25) is 0 Å². The van der Waals surface area contributed by atoms with Gasteiger partial charge in [0.25, 0.3) is 0 Å². The van der Waals surface area contributed by atoms with Gasteiger partial charge < -0.3 is 19.8 Å². The third kappa shape index (κ3) is 8.28. The lowest BCUT2D eigenvalue weighted by Gasteiger charge is -2.24. The Balaban J connectivity index is 1.83. The van der Waals surface area contributed by atoms with Gasteiger partial charge in [-0.25, -0.2) is 0 Å². The number of hydrogen-bond acceptors (Lipinski definition) is 4. The first kappa shape index (κ1) is 24.1. The van der Waals surface area contributed by atoms with Crippen LogP contribution in [0.1, 0.15) is 56.6 Å². The van der Waals surface area contributed by atoms with Crippen LogP contribution >= 0.6 is 0 Å². The van der Waals surface area contributed by atoms with Crippen LogP contribution in [0.5, 0.6) is 0 Å². The van der Waals surface area contributed by atoms with Gasteiger partial charge in [0.15, 0.2) is 0 Å². The summed E-state index contributed by atoms with van der Waals surface area (Å²) >= 11 is 0. The molecule has 3 atom stereocenters. The summed E-state index contributed by atoms with van der Waals surface area (Å²) in [5.74, 6) is -0.220. The van der Waals surface area contributed by atoms with Gasteiger partial charge in [0, 0.05) is 32.9 Å². The molecular weight excluding hydrogens is 382 g/mol. The largest absolute Gasteiger partial charge is 0.481 e. The fraction of sp³-hybridized carbons (Fsp3) is 0.583. The molecule has 30 heavy (non-hydrogen) atoms. The molecule has 6 nitrogen and oxygen atoms in total. The van der Waals surface area contributed by atoms with E-state index >= 15 is 0 Å². The highest BCUT2D eigenvalue weighted by Crippen LogP contribution is 2.23. The van der Waals surface area contributed by atoms with Gasteiger partial charge in [-0.15, -0.1) is 0 Å². The number of benzene rings is 1. The first-order valence-corrected chi connectivity index (χ1v) is 10.8. The summed E-state index contributed by atoms with van der Waals surface area (Å²) < 4.78 is 5.16. The number of aliphatic hydroxyl groups excluding tert-OH is 1. The van der Waals surface area contributed by atoms with Gasteiger partial charge in [0.2, 0.25) is 5.91 Å². The second-order valence-electron chi connectivity index (χ2n) is 8.28. The number of rotatable bonds is 13. The number of likely N-dealkylation sites (tertiary alicyclic amines) is 1. The monoisotopic (exact) mass is 417 g/mol. The highest BCUT2D eigenvalue weighted by atomic mass is 16.5. The molecular formula is C24H35NO5. The Morgan fingerprint density at radius 3 is 2.83 bits per heavy atom. The molecule has 6 heteroatoms. The molecule has 2 rings (SSSR count). The van der Waals surface area contributed by atoms with E-state index in [1.165, 1.54) is 0 Å². The van der Waals surface area contributed by atoms with Gasteiger partial charge in [-0.05, 0) is 36.3 Å². The first-order valence-electron chi connectivity index (χ1n) is 10.8. The zero-order valence-electron chi connectivity index (χ0n) is 18.1. The van der Waals surface area contributed by atoms with Crippen LogP contribution in [-0.4, -0.2) is 52.8 Å². The summed E-state index contributed by atoms with van der Waals surface area (Å²) in [6, 6.07) is 8.03. The molecule has 0 bridgehead atoms. The smallest absolute Gasteiger partial charge is 0.303 e. The number of hydrogen-bond donors (Lipinski definition) is 2. The van der Waals surface area contributed by atoms with E-state index in [-0.39, 0.29) is 18.4 Å². The van der Waals surface area contributed by atoms with Crippen LogP contribution in [0, 0.1) is 5.92 Å². The molecule has 1 heterocycles. The predicted octanol–water partition coefficient (Wildman–Crippen LogP) is 3.56. The second-order valence-corrected chi connectivity index (χ2v) is 8.28. The maximum absolute atomic E-state index is 12.3. The van der Waals surface area contributed by atoms with Crippen LogP contribution in [0.4, 0.5) is 0 Å². The molecule has 1 aliphatic rings. The van der Waals surface area contributed by atoms with E-state index in [0.29, 0.717) is 38.3 Å². The second kappa shape index (κ2) is 12.5. The average molecular weight is 418 g/mol. The minimum absolute atomic E-state index is 0.0261. The Morgan fingerprint density at radius 2 is 2.10 bits per heavy atom. The van der Waals surface area contributed by atoms with Crippen LogP contribution in [0.3, 0.4) is 0 Å². The molecule has 1 aromatic carbocycles. The van der Waals surface area contributed by atoms with Crippen molar-refractivity contribution in [2.24, 2.45) is 5.92 Å². The van der Waals surface area contributed by atoms with E-state index in [4.69, 9.17) is 9.84 Å². The zero-order chi connectivity index (χ0) is 21.9. The lowest BCUT2D eigenvalue weighted by Crippen LogP contribution is -2.33. The van der Waals surface area contributed by atoms with Crippen LogP contribution in [0.15, 0.2) is 36.4 Å². The van der Waals surface area contributed by atoms with Gasteiger partial charge in [-0.1, -0.05) is 49.8 Å². The van der Waals surface area contributed by atoms with Gasteiger partial charge in [0.1, 0.15) is 0 Å². The number of carboxylic acids is 1. The number of carbonyl (C=O) groups is 2. The number of aliphatic hydroxyl groups is 1. The molecule has 1 aromatic rings. The van der Waals surface area contributed by atoms with Crippen LogP contribution < -0.4 is 0 Å². The molecule has 0 saturated carbocycles. The fourth-order valence-electron chi connectivity index (χ4n) is 3.93. The molecule has 0 aliphatic carbocycles. The van der Waals surface area contributed by atoms with Gasteiger partial charge >= 0.3 is 5.97 Å². The van der Waals surface area contributed by atoms with Crippen LogP contribution in [0.25, 0.3) is 0 Å². The van der Waals surface area contributed by atoms with Crippen molar-refractivity contribution >= 4 is 11.9 Å². The van der Waals surface area contributed by atoms with Crippen molar-refractivity contribution in [3.63, 3.8) is 0 Å². The third-order valence-corrected chi connectivity index (χ3v) is 5.63. The van der Waals surface area contributed by atoms with E-state index in [0.717, 1.165) is 30.4 Å². The minimum Gasteiger partial charge on any atom is -0.481 e. The van der Waals surface area contributed by atoms with Crippen molar-refractivity contribution in [1.82, 2.24) is 4.90 Å². The number of ether oxygens (including phenoxy) is 1. The number of carboxylic acid groups (broad SMARTS) is 1. The maximum atomic E-state index is 12.3. The Bertz CT molecular complexity index is 717. The van der Waals surface area contributed by atoms with Crippen molar-refractivity contribution in [2.45, 2.75) is 70.6 Å². The molecule has 0 unspecified atom stereocenters. The number of carbonyl (C=O) groups excluding carboxylic acids is 1. The van der Waals surface area contributed by atoms with Gasteiger partial charge in [-0.3, -0.25) is 9.59 Å².